The highest BCUT2D eigenvalue weighted by Crippen LogP contribution is 2.19. The van der Waals surface area contributed by atoms with Crippen LogP contribution in [0.25, 0.3) is 0 Å². The summed E-state index contributed by atoms with van der Waals surface area (Å²) in [7, 11) is 1.72. The standard InChI is InChI=1S/C15H26N2O2/c1-5-13(6-2)17(9-10-19-4)11-14-15(18)8-7-12(3)16-14/h7-8,13,18H,5-6,9-11H2,1-4H3. The minimum atomic E-state index is 0.277. The molecule has 0 aromatic carbocycles. The van der Waals surface area contributed by atoms with Crippen LogP contribution < -0.4 is 0 Å². The van der Waals surface area contributed by atoms with Gasteiger partial charge in [-0.15, -0.1) is 0 Å². The number of nitrogens with zero attached hydrogens (tertiary/aromatic N) is 2. The van der Waals surface area contributed by atoms with Crippen LogP contribution in [-0.4, -0.2) is 41.3 Å². The van der Waals surface area contributed by atoms with Crippen molar-refractivity contribution < 1.29 is 9.84 Å². The van der Waals surface area contributed by atoms with Gasteiger partial charge in [0.15, 0.2) is 0 Å². The van der Waals surface area contributed by atoms with E-state index in [9.17, 15) is 5.11 Å². The van der Waals surface area contributed by atoms with E-state index >= 15 is 0 Å². The lowest BCUT2D eigenvalue weighted by Crippen LogP contribution is -2.36. The highest BCUT2D eigenvalue weighted by atomic mass is 16.5. The Balaban J connectivity index is 2.83. The average molecular weight is 266 g/mol. The van der Waals surface area contributed by atoms with E-state index < -0.39 is 0 Å². The van der Waals surface area contributed by atoms with Gasteiger partial charge in [-0.1, -0.05) is 13.8 Å². The highest BCUT2D eigenvalue weighted by molar-refractivity contribution is 5.27. The number of hydrogen-bond acceptors (Lipinski definition) is 4. The normalized spacial score (nSPS) is 11.5. The van der Waals surface area contributed by atoms with Crippen molar-refractivity contribution in [3.05, 3.63) is 23.5 Å². The van der Waals surface area contributed by atoms with Crippen molar-refractivity contribution in [2.75, 3.05) is 20.3 Å². The predicted molar refractivity (Wildman–Crippen MR) is 77.3 cm³/mol. The summed E-state index contributed by atoms with van der Waals surface area (Å²) < 4.78 is 5.18. The molecule has 0 aliphatic carbocycles. The molecule has 0 aliphatic heterocycles. The zero-order chi connectivity index (χ0) is 14.3. The topological polar surface area (TPSA) is 45.6 Å². The summed E-state index contributed by atoms with van der Waals surface area (Å²) in [5.41, 5.74) is 1.69. The second-order valence-corrected chi connectivity index (χ2v) is 4.85. The molecular weight excluding hydrogens is 240 g/mol. The van der Waals surface area contributed by atoms with Crippen LogP contribution in [0.4, 0.5) is 0 Å². The molecule has 0 radical (unpaired) electrons. The van der Waals surface area contributed by atoms with Gasteiger partial charge < -0.3 is 9.84 Å². The fourth-order valence-electron chi connectivity index (χ4n) is 2.32. The summed E-state index contributed by atoms with van der Waals surface area (Å²) in [5.74, 6) is 0.277. The third-order valence-electron chi connectivity index (χ3n) is 3.48. The monoisotopic (exact) mass is 266 g/mol. The van der Waals surface area contributed by atoms with Gasteiger partial charge in [-0.25, -0.2) is 0 Å². The van der Waals surface area contributed by atoms with Gasteiger partial charge in [-0.3, -0.25) is 9.88 Å². The first-order valence-electron chi connectivity index (χ1n) is 7.00. The molecule has 0 aliphatic rings. The first-order chi connectivity index (χ1) is 9.12. The van der Waals surface area contributed by atoms with Gasteiger partial charge in [-0.05, 0) is 31.9 Å². The van der Waals surface area contributed by atoms with Crippen molar-refractivity contribution in [2.24, 2.45) is 0 Å². The summed E-state index contributed by atoms with van der Waals surface area (Å²) in [6, 6.07) is 4.05. The molecule has 1 aromatic heterocycles. The third-order valence-corrected chi connectivity index (χ3v) is 3.48. The van der Waals surface area contributed by atoms with Crippen LogP contribution in [0.3, 0.4) is 0 Å². The average Bonchev–Trinajstić information content (AvgIpc) is 2.41. The van der Waals surface area contributed by atoms with Crippen molar-refractivity contribution in [1.82, 2.24) is 9.88 Å². The molecule has 4 heteroatoms. The summed E-state index contributed by atoms with van der Waals surface area (Å²) in [4.78, 5) is 6.78. The number of aromatic hydroxyl groups is 1. The molecule has 0 amide bonds. The first kappa shape index (κ1) is 15.9. The zero-order valence-corrected chi connectivity index (χ0v) is 12.5. The van der Waals surface area contributed by atoms with Crippen LogP contribution in [0.2, 0.25) is 0 Å². The molecule has 1 aromatic rings. The molecule has 0 bridgehead atoms. The van der Waals surface area contributed by atoms with Crippen molar-refractivity contribution in [3.63, 3.8) is 0 Å². The SMILES string of the molecule is CCC(CC)N(CCOC)Cc1nc(C)ccc1O. The summed E-state index contributed by atoms with van der Waals surface area (Å²) in [6.45, 7) is 8.55. The number of ether oxygens (including phenoxy) is 1. The molecule has 1 N–H and O–H groups in total. The number of aromatic nitrogens is 1. The van der Waals surface area contributed by atoms with Crippen molar-refractivity contribution in [1.29, 1.82) is 0 Å². The lowest BCUT2D eigenvalue weighted by Gasteiger charge is -2.30. The number of methoxy groups -OCH3 is 1. The maximum absolute atomic E-state index is 9.92. The maximum Gasteiger partial charge on any atom is 0.138 e. The Morgan fingerprint density at radius 3 is 2.58 bits per heavy atom. The van der Waals surface area contributed by atoms with Crippen LogP contribution in [0.5, 0.6) is 5.75 Å². The summed E-state index contributed by atoms with van der Waals surface area (Å²) in [6.07, 6.45) is 2.18. The Labute approximate surface area is 116 Å². The van der Waals surface area contributed by atoms with E-state index in [1.54, 1.807) is 13.2 Å². The van der Waals surface area contributed by atoms with E-state index in [4.69, 9.17) is 4.74 Å². The lowest BCUT2D eigenvalue weighted by atomic mass is 10.1. The van der Waals surface area contributed by atoms with E-state index in [0.717, 1.165) is 30.8 Å². The zero-order valence-electron chi connectivity index (χ0n) is 12.5. The van der Waals surface area contributed by atoms with Crippen molar-refractivity contribution >= 4 is 0 Å². The number of pyridine rings is 1. The van der Waals surface area contributed by atoms with E-state index in [2.05, 4.69) is 23.7 Å². The minimum Gasteiger partial charge on any atom is -0.506 e. The van der Waals surface area contributed by atoms with Crippen LogP contribution in [0.15, 0.2) is 12.1 Å². The van der Waals surface area contributed by atoms with Gasteiger partial charge in [0.2, 0.25) is 0 Å². The van der Waals surface area contributed by atoms with Crippen LogP contribution in [-0.2, 0) is 11.3 Å². The number of rotatable bonds is 8. The molecule has 0 saturated carbocycles. The fraction of sp³-hybridized carbons (Fsp3) is 0.667. The number of aryl methyl sites for hydroxylation is 1. The molecule has 108 valence electrons. The molecule has 1 heterocycles. The molecule has 0 atom stereocenters. The molecule has 0 spiro atoms. The van der Waals surface area contributed by atoms with Gasteiger partial charge in [0.25, 0.3) is 0 Å². The van der Waals surface area contributed by atoms with Crippen LogP contribution >= 0.6 is 0 Å². The molecule has 0 fully saturated rings. The van der Waals surface area contributed by atoms with E-state index in [-0.39, 0.29) is 5.75 Å². The second-order valence-electron chi connectivity index (χ2n) is 4.85. The molecule has 1 rings (SSSR count). The Kier molecular flexibility index (Phi) is 6.81. The van der Waals surface area contributed by atoms with Gasteiger partial charge in [0, 0.05) is 31.9 Å². The maximum atomic E-state index is 9.92. The summed E-state index contributed by atoms with van der Waals surface area (Å²) in [5, 5.41) is 9.92. The Morgan fingerprint density at radius 2 is 2.00 bits per heavy atom. The predicted octanol–water partition coefficient (Wildman–Crippen LogP) is 2.73. The molecular formula is C15H26N2O2. The fourth-order valence-corrected chi connectivity index (χ4v) is 2.32. The van der Waals surface area contributed by atoms with Gasteiger partial charge in [0.05, 0.1) is 12.3 Å². The summed E-state index contributed by atoms with van der Waals surface area (Å²) >= 11 is 0. The van der Waals surface area contributed by atoms with Crippen molar-refractivity contribution in [3.8, 4) is 5.75 Å². The van der Waals surface area contributed by atoms with Crippen LogP contribution in [0, 0.1) is 6.92 Å². The first-order valence-corrected chi connectivity index (χ1v) is 7.00. The van der Waals surface area contributed by atoms with Gasteiger partial charge >= 0.3 is 0 Å². The largest absolute Gasteiger partial charge is 0.506 e. The smallest absolute Gasteiger partial charge is 0.138 e. The van der Waals surface area contributed by atoms with Crippen molar-refractivity contribution in [2.45, 2.75) is 46.2 Å². The molecule has 0 saturated heterocycles. The quantitative estimate of drug-likeness (QED) is 0.786. The third kappa shape index (κ3) is 4.80. The second kappa shape index (κ2) is 8.12. The minimum absolute atomic E-state index is 0.277. The van der Waals surface area contributed by atoms with Gasteiger partial charge in [-0.2, -0.15) is 0 Å². The molecule has 19 heavy (non-hydrogen) atoms. The van der Waals surface area contributed by atoms with E-state index in [0.29, 0.717) is 19.2 Å². The number of hydrogen-bond donors (Lipinski definition) is 1. The lowest BCUT2D eigenvalue weighted by molar-refractivity contribution is 0.108. The van der Waals surface area contributed by atoms with E-state index in [1.165, 1.54) is 0 Å². The Morgan fingerprint density at radius 1 is 1.32 bits per heavy atom. The van der Waals surface area contributed by atoms with Crippen LogP contribution in [0.1, 0.15) is 38.1 Å². The van der Waals surface area contributed by atoms with Gasteiger partial charge in [0.1, 0.15) is 5.75 Å². The van der Waals surface area contributed by atoms with E-state index in [1.807, 2.05) is 13.0 Å². The Hall–Kier alpha value is -1.13. The molecule has 4 nitrogen and oxygen atoms in total. The molecule has 0 unspecified atom stereocenters. The Bertz CT molecular complexity index is 378. The highest BCUT2D eigenvalue weighted by Gasteiger charge is 2.17.